The molecule has 0 atom stereocenters. The summed E-state index contributed by atoms with van der Waals surface area (Å²) in [5.74, 6) is 0.803. The third-order valence-electron chi connectivity index (χ3n) is 2.99. The van der Waals surface area contributed by atoms with E-state index in [1.54, 1.807) is 18.2 Å². The summed E-state index contributed by atoms with van der Waals surface area (Å²) < 4.78 is 11.1. The van der Waals surface area contributed by atoms with E-state index < -0.39 is 6.16 Å². The van der Waals surface area contributed by atoms with Gasteiger partial charge >= 0.3 is 6.16 Å². The molecule has 1 heterocycles. The summed E-state index contributed by atoms with van der Waals surface area (Å²) in [6.45, 7) is 0. The van der Waals surface area contributed by atoms with Crippen molar-refractivity contribution in [3.8, 4) is 28.8 Å². The van der Waals surface area contributed by atoms with Crippen molar-refractivity contribution < 1.29 is 19.4 Å². The zero-order valence-corrected chi connectivity index (χ0v) is 13.8. The average Bonchev–Trinajstić information content (AvgIpc) is 2.59. The summed E-state index contributed by atoms with van der Waals surface area (Å²) in [7, 11) is 0. The molecule has 0 aliphatic rings. The molecule has 1 aromatic heterocycles. The van der Waals surface area contributed by atoms with Crippen LogP contribution in [0.4, 0.5) is 4.79 Å². The van der Waals surface area contributed by atoms with Crippen LogP contribution in [0.5, 0.6) is 17.4 Å². The maximum Gasteiger partial charge on any atom is 0.511 e. The summed E-state index contributed by atoms with van der Waals surface area (Å²) in [4.78, 5) is 19.3. The molecule has 0 amide bonds. The Labute approximate surface area is 145 Å². The topological polar surface area (TPSA) is 81.5 Å². The Kier molecular flexibility index (Phi) is 4.72. The lowest BCUT2D eigenvalue weighted by Gasteiger charge is -2.11. The first-order chi connectivity index (χ1) is 11.6. The third kappa shape index (κ3) is 3.69. The quantitative estimate of drug-likeness (QED) is 0.651. The number of ether oxygens (including phenoxy) is 2. The van der Waals surface area contributed by atoms with E-state index in [4.69, 9.17) is 14.6 Å². The molecular formula is C17H11BrN2O4. The molecule has 0 radical (unpaired) electrons. The number of aromatic nitrogens is 2. The Morgan fingerprint density at radius 1 is 1.00 bits per heavy atom. The van der Waals surface area contributed by atoms with Gasteiger partial charge in [0.15, 0.2) is 5.82 Å². The van der Waals surface area contributed by atoms with E-state index in [9.17, 15) is 4.79 Å². The maximum atomic E-state index is 10.9. The molecule has 0 saturated heterocycles. The zero-order chi connectivity index (χ0) is 16.9. The summed E-state index contributed by atoms with van der Waals surface area (Å²) in [6.07, 6.45) is -0.196. The number of rotatable bonds is 4. The van der Waals surface area contributed by atoms with Crippen LogP contribution in [0.3, 0.4) is 0 Å². The van der Waals surface area contributed by atoms with E-state index in [0.717, 1.165) is 5.56 Å². The zero-order valence-electron chi connectivity index (χ0n) is 12.2. The highest BCUT2D eigenvalue weighted by Crippen LogP contribution is 2.34. The van der Waals surface area contributed by atoms with E-state index in [1.807, 2.05) is 36.4 Å². The van der Waals surface area contributed by atoms with Crippen LogP contribution in [0.25, 0.3) is 11.4 Å². The Bertz CT molecular complexity index is 871. The molecule has 0 saturated carbocycles. The van der Waals surface area contributed by atoms with Gasteiger partial charge in [-0.05, 0) is 28.1 Å². The number of benzene rings is 2. The molecular weight excluding hydrogens is 376 g/mol. The van der Waals surface area contributed by atoms with Crippen molar-refractivity contribution in [2.24, 2.45) is 0 Å². The van der Waals surface area contributed by atoms with Crippen LogP contribution in [-0.4, -0.2) is 21.2 Å². The monoisotopic (exact) mass is 386 g/mol. The lowest BCUT2D eigenvalue weighted by atomic mass is 10.2. The second-order valence-corrected chi connectivity index (χ2v) is 5.48. The molecule has 1 N–H and O–H groups in total. The second kappa shape index (κ2) is 7.10. The van der Waals surface area contributed by atoms with Crippen LogP contribution < -0.4 is 9.47 Å². The molecule has 0 aliphatic carbocycles. The molecule has 6 nitrogen and oxygen atoms in total. The van der Waals surface area contributed by atoms with Crippen LogP contribution in [0.15, 0.2) is 65.3 Å². The predicted octanol–water partition coefficient (Wildman–Crippen LogP) is 4.76. The molecule has 24 heavy (non-hydrogen) atoms. The normalized spacial score (nSPS) is 10.2. The molecule has 120 valence electrons. The number of hydrogen-bond acceptors (Lipinski definition) is 5. The predicted molar refractivity (Wildman–Crippen MR) is 90.3 cm³/mol. The van der Waals surface area contributed by atoms with E-state index >= 15 is 0 Å². The van der Waals surface area contributed by atoms with Crippen LogP contribution in [0, 0.1) is 0 Å². The van der Waals surface area contributed by atoms with Gasteiger partial charge in [0.25, 0.3) is 5.88 Å². The van der Waals surface area contributed by atoms with Gasteiger partial charge in [0, 0.05) is 5.56 Å². The first-order valence-corrected chi connectivity index (χ1v) is 7.68. The van der Waals surface area contributed by atoms with Crippen LogP contribution in [0.1, 0.15) is 0 Å². The minimum Gasteiger partial charge on any atom is -0.449 e. The van der Waals surface area contributed by atoms with Gasteiger partial charge in [-0.15, -0.1) is 0 Å². The van der Waals surface area contributed by atoms with E-state index in [2.05, 4.69) is 25.9 Å². The van der Waals surface area contributed by atoms with Crippen molar-refractivity contribution in [1.29, 1.82) is 0 Å². The van der Waals surface area contributed by atoms with Gasteiger partial charge < -0.3 is 14.6 Å². The lowest BCUT2D eigenvalue weighted by Crippen LogP contribution is -2.06. The Morgan fingerprint density at radius 3 is 2.42 bits per heavy atom. The SMILES string of the molecule is O=C(O)Oc1cnc(-c2ccccc2)nc1Oc1ccccc1Br. The molecule has 0 bridgehead atoms. The Hall–Kier alpha value is -2.93. The molecule has 3 rings (SSSR count). The van der Waals surface area contributed by atoms with E-state index in [0.29, 0.717) is 16.0 Å². The minimum atomic E-state index is -1.47. The van der Waals surface area contributed by atoms with E-state index in [1.165, 1.54) is 6.20 Å². The fourth-order valence-corrected chi connectivity index (χ4v) is 2.32. The Balaban J connectivity index is 2.03. The number of halogens is 1. The highest BCUT2D eigenvalue weighted by Gasteiger charge is 2.16. The van der Waals surface area contributed by atoms with Gasteiger partial charge in [0.05, 0.1) is 10.7 Å². The second-order valence-electron chi connectivity index (χ2n) is 4.63. The smallest absolute Gasteiger partial charge is 0.449 e. The molecule has 0 unspecified atom stereocenters. The number of para-hydroxylation sites is 1. The highest BCUT2D eigenvalue weighted by molar-refractivity contribution is 9.10. The minimum absolute atomic E-state index is 0.0122. The third-order valence-corrected chi connectivity index (χ3v) is 3.65. The van der Waals surface area contributed by atoms with Gasteiger partial charge in [-0.3, -0.25) is 0 Å². The van der Waals surface area contributed by atoms with Crippen molar-refractivity contribution >= 4 is 22.1 Å². The average molecular weight is 387 g/mol. The largest absolute Gasteiger partial charge is 0.511 e. The summed E-state index contributed by atoms with van der Waals surface area (Å²) in [5, 5.41) is 8.86. The van der Waals surface area contributed by atoms with Crippen molar-refractivity contribution in [2.45, 2.75) is 0 Å². The highest BCUT2D eigenvalue weighted by atomic mass is 79.9. The summed E-state index contributed by atoms with van der Waals surface area (Å²) in [5.41, 5.74) is 0.774. The van der Waals surface area contributed by atoms with E-state index in [-0.39, 0.29) is 11.6 Å². The van der Waals surface area contributed by atoms with Crippen LogP contribution in [0.2, 0.25) is 0 Å². The van der Waals surface area contributed by atoms with Crippen LogP contribution in [-0.2, 0) is 0 Å². The molecule has 2 aromatic carbocycles. The van der Waals surface area contributed by atoms with Gasteiger partial charge in [0.1, 0.15) is 5.75 Å². The van der Waals surface area contributed by atoms with Gasteiger partial charge in [-0.25, -0.2) is 9.78 Å². The Morgan fingerprint density at radius 2 is 1.71 bits per heavy atom. The van der Waals surface area contributed by atoms with Gasteiger partial charge in [0.2, 0.25) is 5.75 Å². The molecule has 3 aromatic rings. The maximum absolute atomic E-state index is 10.9. The first-order valence-electron chi connectivity index (χ1n) is 6.89. The van der Waals surface area contributed by atoms with Crippen molar-refractivity contribution in [3.63, 3.8) is 0 Å². The van der Waals surface area contributed by atoms with Gasteiger partial charge in [-0.2, -0.15) is 4.98 Å². The fraction of sp³-hybridized carbons (Fsp3) is 0. The standard InChI is InChI=1S/C17H11BrN2O4/c18-12-8-4-5-9-13(12)23-16-14(24-17(21)22)10-19-15(20-16)11-6-2-1-3-7-11/h1-10H,(H,21,22). The van der Waals surface area contributed by atoms with Crippen molar-refractivity contribution in [2.75, 3.05) is 0 Å². The number of carboxylic acid groups (broad SMARTS) is 1. The summed E-state index contributed by atoms with van der Waals surface area (Å²) in [6, 6.07) is 16.4. The molecule has 7 heteroatoms. The van der Waals surface area contributed by atoms with Crippen LogP contribution >= 0.6 is 15.9 Å². The number of nitrogens with zero attached hydrogens (tertiary/aromatic N) is 2. The molecule has 0 aliphatic heterocycles. The first kappa shape index (κ1) is 15.9. The lowest BCUT2D eigenvalue weighted by molar-refractivity contribution is 0.142. The number of carbonyl (C=O) groups is 1. The number of hydrogen-bond donors (Lipinski definition) is 1. The molecule has 0 spiro atoms. The fourth-order valence-electron chi connectivity index (χ4n) is 1.95. The summed E-state index contributed by atoms with van der Waals surface area (Å²) >= 11 is 3.37. The van der Waals surface area contributed by atoms with Crippen molar-refractivity contribution in [1.82, 2.24) is 9.97 Å². The van der Waals surface area contributed by atoms with Crippen molar-refractivity contribution in [3.05, 3.63) is 65.3 Å². The van der Waals surface area contributed by atoms with Gasteiger partial charge in [-0.1, -0.05) is 42.5 Å². The molecule has 0 fully saturated rings.